The molecule has 1 aromatic rings. The fraction of sp³-hybridized carbons (Fsp3) is 0.636. The highest BCUT2D eigenvalue weighted by atomic mass is 79.9. The van der Waals surface area contributed by atoms with Gasteiger partial charge in [-0.3, -0.25) is 0 Å². The Morgan fingerprint density at radius 1 is 1.50 bits per heavy atom. The second-order valence-electron chi connectivity index (χ2n) is 3.94. The highest BCUT2D eigenvalue weighted by Crippen LogP contribution is 2.19. The summed E-state index contributed by atoms with van der Waals surface area (Å²) >= 11 is 5.26. The molecule has 0 bridgehead atoms. The molecule has 3 heteroatoms. The molecule has 1 nitrogen and oxygen atoms in total. The van der Waals surface area contributed by atoms with Crippen LogP contribution in [0.1, 0.15) is 31.6 Å². The van der Waals surface area contributed by atoms with E-state index in [4.69, 9.17) is 0 Å². The highest BCUT2D eigenvalue weighted by molar-refractivity contribution is 9.10. The summed E-state index contributed by atoms with van der Waals surface area (Å²) in [5.74, 6) is 0.827. The molecule has 1 heterocycles. The molecule has 0 aliphatic rings. The van der Waals surface area contributed by atoms with Gasteiger partial charge in [0, 0.05) is 21.3 Å². The van der Waals surface area contributed by atoms with E-state index in [0.29, 0.717) is 0 Å². The Morgan fingerprint density at radius 3 is 2.86 bits per heavy atom. The average Bonchev–Trinajstić information content (AvgIpc) is 2.50. The monoisotopic (exact) mass is 275 g/mol. The molecule has 0 aliphatic carbocycles. The Labute approximate surface area is 99.0 Å². The third kappa shape index (κ3) is 5.13. The molecule has 0 atom stereocenters. The van der Waals surface area contributed by atoms with E-state index in [2.05, 4.69) is 46.5 Å². The summed E-state index contributed by atoms with van der Waals surface area (Å²) in [6.45, 7) is 6.69. The minimum Gasteiger partial charge on any atom is -0.312 e. The van der Waals surface area contributed by atoms with Gasteiger partial charge in [0.25, 0.3) is 0 Å². The molecule has 1 aromatic heterocycles. The zero-order valence-electron chi connectivity index (χ0n) is 8.85. The van der Waals surface area contributed by atoms with Crippen LogP contribution in [0, 0.1) is 5.92 Å². The Morgan fingerprint density at radius 2 is 2.29 bits per heavy atom. The van der Waals surface area contributed by atoms with Crippen LogP contribution in [0.5, 0.6) is 0 Å². The molecule has 1 N–H and O–H groups in total. The van der Waals surface area contributed by atoms with Gasteiger partial charge in [0.05, 0.1) is 0 Å². The van der Waals surface area contributed by atoms with E-state index in [0.717, 1.165) is 19.0 Å². The lowest BCUT2D eigenvalue weighted by Gasteiger charge is -2.05. The fourth-order valence-corrected chi connectivity index (χ4v) is 2.71. The lowest BCUT2D eigenvalue weighted by Crippen LogP contribution is -2.14. The van der Waals surface area contributed by atoms with Crippen LogP contribution in [0.4, 0.5) is 0 Å². The van der Waals surface area contributed by atoms with Crippen molar-refractivity contribution < 1.29 is 0 Å². The van der Waals surface area contributed by atoms with E-state index >= 15 is 0 Å². The van der Waals surface area contributed by atoms with Crippen LogP contribution < -0.4 is 5.32 Å². The van der Waals surface area contributed by atoms with Gasteiger partial charge >= 0.3 is 0 Å². The van der Waals surface area contributed by atoms with Crippen molar-refractivity contribution in [1.82, 2.24) is 5.32 Å². The zero-order chi connectivity index (χ0) is 10.4. The summed E-state index contributed by atoms with van der Waals surface area (Å²) in [6, 6.07) is 2.18. The standard InChI is InChI=1S/C11H18BrNS/c1-9(2)4-3-5-13-7-11-6-10(12)8-14-11/h6,8-9,13H,3-5,7H2,1-2H3. The molecule has 0 spiro atoms. The van der Waals surface area contributed by atoms with Crippen molar-refractivity contribution in [1.29, 1.82) is 0 Å². The lowest BCUT2D eigenvalue weighted by atomic mass is 10.1. The van der Waals surface area contributed by atoms with Crippen LogP contribution in [-0.4, -0.2) is 6.54 Å². The van der Waals surface area contributed by atoms with E-state index in [-0.39, 0.29) is 0 Å². The molecule has 0 amide bonds. The molecule has 0 unspecified atom stereocenters. The minimum absolute atomic E-state index is 0.827. The van der Waals surface area contributed by atoms with E-state index in [9.17, 15) is 0 Å². The second-order valence-corrected chi connectivity index (χ2v) is 5.86. The maximum atomic E-state index is 3.46. The molecule has 0 radical (unpaired) electrons. The van der Waals surface area contributed by atoms with Crippen molar-refractivity contribution in [3.63, 3.8) is 0 Å². The normalized spacial score (nSPS) is 11.1. The summed E-state index contributed by atoms with van der Waals surface area (Å²) in [6.07, 6.45) is 2.60. The number of halogens is 1. The largest absolute Gasteiger partial charge is 0.312 e. The number of thiophene rings is 1. The van der Waals surface area contributed by atoms with Crippen molar-refractivity contribution in [2.24, 2.45) is 5.92 Å². The van der Waals surface area contributed by atoms with Crippen LogP contribution in [0.2, 0.25) is 0 Å². The Balaban J connectivity index is 2.04. The first-order valence-corrected chi connectivity index (χ1v) is 6.79. The van der Waals surface area contributed by atoms with Crippen LogP contribution in [0.15, 0.2) is 15.9 Å². The predicted octanol–water partition coefficient (Wildman–Crippen LogP) is 4.04. The predicted molar refractivity (Wildman–Crippen MR) is 67.8 cm³/mol. The summed E-state index contributed by atoms with van der Waals surface area (Å²) < 4.78 is 1.20. The summed E-state index contributed by atoms with van der Waals surface area (Å²) in [5.41, 5.74) is 0. The maximum absolute atomic E-state index is 3.46. The van der Waals surface area contributed by atoms with Crippen LogP contribution in [0.3, 0.4) is 0 Å². The highest BCUT2D eigenvalue weighted by Gasteiger charge is 1.97. The van der Waals surface area contributed by atoms with Gasteiger partial charge in [0.2, 0.25) is 0 Å². The number of hydrogen-bond acceptors (Lipinski definition) is 2. The molecule has 0 aromatic carbocycles. The number of nitrogens with one attached hydrogen (secondary N) is 1. The van der Waals surface area contributed by atoms with Gasteiger partial charge in [0.15, 0.2) is 0 Å². The van der Waals surface area contributed by atoms with Gasteiger partial charge in [-0.05, 0) is 47.3 Å². The van der Waals surface area contributed by atoms with E-state index < -0.39 is 0 Å². The minimum atomic E-state index is 0.827. The zero-order valence-corrected chi connectivity index (χ0v) is 11.2. The lowest BCUT2D eigenvalue weighted by molar-refractivity contribution is 0.528. The first-order chi connectivity index (χ1) is 6.68. The van der Waals surface area contributed by atoms with Gasteiger partial charge in [-0.2, -0.15) is 0 Å². The summed E-state index contributed by atoms with van der Waals surface area (Å²) in [7, 11) is 0. The molecular formula is C11H18BrNS. The molecular weight excluding hydrogens is 258 g/mol. The maximum Gasteiger partial charge on any atom is 0.0300 e. The third-order valence-corrected chi connectivity index (χ3v) is 3.75. The van der Waals surface area contributed by atoms with Crippen molar-refractivity contribution >= 4 is 27.3 Å². The van der Waals surface area contributed by atoms with Crippen LogP contribution in [0.25, 0.3) is 0 Å². The van der Waals surface area contributed by atoms with Crippen molar-refractivity contribution in [2.75, 3.05) is 6.54 Å². The second kappa shape index (κ2) is 6.59. The third-order valence-electron chi connectivity index (χ3n) is 2.06. The Kier molecular flexibility index (Phi) is 5.75. The first-order valence-electron chi connectivity index (χ1n) is 5.12. The Bertz CT molecular complexity index is 258. The van der Waals surface area contributed by atoms with Crippen LogP contribution >= 0.6 is 27.3 Å². The quantitative estimate of drug-likeness (QED) is 0.773. The number of hydrogen-bond donors (Lipinski definition) is 1. The average molecular weight is 276 g/mol. The first kappa shape index (κ1) is 12.2. The number of rotatable bonds is 6. The fourth-order valence-electron chi connectivity index (χ4n) is 1.29. The molecule has 0 aliphatic heterocycles. The van der Waals surface area contributed by atoms with Gasteiger partial charge in [-0.1, -0.05) is 13.8 Å². The van der Waals surface area contributed by atoms with Gasteiger partial charge in [-0.15, -0.1) is 11.3 Å². The Hall–Kier alpha value is 0.140. The molecule has 0 saturated heterocycles. The molecule has 0 fully saturated rings. The topological polar surface area (TPSA) is 12.0 Å². The molecule has 14 heavy (non-hydrogen) atoms. The van der Waals surface area contributed by atoms with Crippen LogP contribution in [-0.2, 0) is 6.54 Å². The van der Waals surface area contributed by atoms with E-state index in [1.165, 1.54) is 22.2 Å². The molecule has 80 valence electrons. The van der Waals surface area contributed by atoms with Gasteiger partial charge in [-0.25, -0.2) is 0 Å². The summed E-state index contributed by atoms with van der Waals surface area (Å²) in [5, 5.41) is 5.59. The van der Waals surface area contributed by atoms with Crippen molar-refractivity contribution in [2.45, 2.75) is 33.2 Å². The van der Waals surface area contributed by atoms with Crippen molar-refractivity contribution in [3.05, 3.63) is 20.8 Å². The molecule has 1 rings (SSSR count). The SMILES string of the molecule is CC(C)CCCNCc1cc(Br)cs1. The van der Waals surface area contributed by atoms with E-state index in [1.54, 1.807) is 11.3 Å². The smallest absolute Gasteiger partial charge is 0.0300 e. The van der Waals surface area contributed by atoms with Gasteiger partial charge < -0.3 is 5.32 Å². The van der Waals surface area contributed by atoms with Gasteiger partial charge in [0.1, 0.15) is 0 Å². The van der Waals surface area contributed by atoms with E-state index in [1.807, 2.05) is 0 Å². The summed E-state index contributed by atoms with van der Waals surface area (Å²) in [4.78, 5) is 1.40. The molecule has 0 saturated carbocycles. The van der Waals surface area contributed by atoms with Crippen molar-refractivity contribution in [3.8, 4) is 0 Å².